The minimum absolute atomic E-state index is 0.0332. The van der Waals surface area contributed by atoms with Gasteiger partial charge < -0.3 is 10.6 Å². The lowest BCUT2D eigenvalue weighted by Gasteiger charge is -2.06. The fourth-order valence-electron chi connectivity index (χ4n) is 2.02. The Balaban J connectivity index is 2.18. The van der Waals surface area contributed by atoms with E-state index in [1.807, 2.05) is 19.1 Å². The normalized spacial score (nSPS) is 10.3. The fraction of sp³-hybridized carbons (Fsp3) is 0.625. The van der Waals surface area contributed by atoms with Gasteiger partial charge in [-0.2, -0.15) is 0 Å². The maximum Gasteiger partial charge on any atom is 0.252 e. The number of hydrogen-bond donors (Lipinski definition) is 2. The molecule has 1 rings (SSSR count). The summed E-state index contributed by atoms with van der Waals surface area (Å²) >= 11 is 0. The van der Waals surface area contributed by atoms with Crippen LogP contribution in [0.25, 0.3) is 0 Å². The molecule has 20 heavy (non-hydrogen) atoms. The average molecular weight is 277 g/mol. The van der Waals surface area contributed by atoms with E-state index in [4.69, 9.17) is 0 Å². The van der Waals surface area contributed by atoms with Crippen molar-refractivity contribution >= 4 is 11.7 Å². The molecule has 1 heterocycles. The van der Waals surface area contributed by atoms with Gasteiger partial charge in [-0.3, -0.25) is 4.79 Å². The van der Waals surface area contributed by atoms with Crippen LogP contribution in [0.3, 0.4) is 0 Å². The summed E-state index contributed by atoms with van der Waals surface area (Å²) in [7, 11) is 0. The van der Waals surface area contributed by atoms with Gasteiger partial charge in [0.05, 0.1) is 5.56 Å². The second-order valence-electron chi connectivity index (χ2n) is 4.99. The van der Waals surface area contributed by atoms with Gasteiger partial charge >= 0.3 is 0 Å². The molecular formula is C16H27N3O. The van der Waals surface area contributed by atoms with E-state index < -0.39 is 0 Å². The number of nitrogens with one attached hydrogen (secondary N) is 2. The number of rotatable bonds is 10. The van der Waals surface area contributed by atoms with Crippen molar-refractivity contribution in [3.8, 4) is 0 Å². The number of pyridine rings is 1. The van der Waals surface area contributed by atoms with Crippen molar-refractivity contribution in [1.82, 2.24) is 10.3 Å². The first-order valence-corrected chi connectivity index (χ1v) is 7.76. The molecule has 0 aliphatic carbocycles. The summed E-state index contributed by atoms with van der Waals surface area (Å²) in [6.45, 7) is 5.81. The van der Waals surface area contributed by atoms with Crippen LogP contribution < -0.4 is 10.6 Å². The van der Waals surface area contributed by atoms with Crippen molar-refractivity contribution in [3.05, 3.63) is 23.9 Å². The summed E-state index contributed by atoms with van der Waals surface area (Å²) in [6, 6.07) is 3.64. The van der Waals surface area contributed by atoms with Crippen molar-refractivity contribution in [2.24, 2.45) is 0 Å². The maximum atomic E-state index is 11.9. The zero-order chi connectivity index (χ0) is 14.6. The molecule has 0 spiro atoms. The van der Waals surface area contributed by atoms with E-state index in [-0.39, 0.29) is 5.91 Å². The second-order valence-corrected chi connectivity index (χ2v) is 4.99. The Morgan fingerprint density at radius 2 is 1.85 bits per heavy atom. The second kappa shape index (κ2) is 10.2. The number of nitrogens with zero attached hydrogens (tertiary/aromatic N) is 1. The summed E-state index contributed by atoms with van der Waals surface area (Å²) in [5.41, 5.74) is 0.623. The monoisotopic (exact) mass is 277 g/mol. The molecule has 0 bridgehead atoms. The third-order valence-electron chi connectivity index (χ3n) is 3.20. The molecule has 0 atom stereocenters. The zero-order valence-electron chi connectivity index (χ0n) is 12.7. The largest absolute Gasteiger partial charge is 0.370 e. The lowest BCUT2D eigenvalue weighted by Crippen LogP contribution is -2.24. The Kier molecular flexibility index (Phi) is 8.43. The quantitative estimate of drug-likeness (QED) is 0.642. The van der Waals surface area contributed by atoms with Gasteiger partial charge in [0.15, 0.2) is 0 Å². The van der Waals surface area contributed by atoms with Crippen LogP contribution in [0.1, 0.15) is 62.7 Å². The van der Waals surface area contributed by atoms with Crippen molar-refractivity contribution in [3.63, 3.8) is 0 Å². The molecule has 0 fully saturated rings. The number of hydrogen-bond acceptors (Lipinski definition) is 3. The number of anilines is 1. The highest BCUT2D eigenvalue weighted by molar-refractivity contribution is 5.93. The van der Waals surface area contributed by atoms with Crippen LogP contribution in [-0.4, -0.2) is 24.0 Å². The van der Waals surface area contributed by atoms with E-state index in [9.17, 15) is 4.79 Å². The van der Waals surface area contributed by atoms with Crippen LogP contribution in [0.15, 0.2) is 18.3 Å². The van der Waals surface area contributed by atoms with Crippen LogP contribution in [0.2, 0.25) is 0 Å². The van der Waals surface area contributed by atoms with E-state index in [0.717, 1.165) is 25.3 Å². The first-order chi connectivity index (χ1) is 9.77. The van der Waals surface area contributed by atoms with Crippen molar-refractivity contribution in [1.29, 1.82) is 0 Å². The van der Waals surface area contributed by atoms with E-state index in [1.54, 1.807) is 6.20 Å². The Morgan fingerprint density at radius 1 is 1.10 bits per heavy atom. The third kappa shape index (κ3) is 6.55. The van der Waals surface area contributed by atoms with Gasteiger partial charge in [0.2, 0.25) is 0 Å². The average Bonchev–Trinajstić information content (AvgIpc) is 2.47. The summed E-state index contributed by atoms with van der Waals surface area (Å²) in [4.78, 5) is 16.1. The first kappa shape index (κ1) is 16.5. The van der Waals surface area contributed by atoms with E-state index >= 15 is 0 Å². The van der Waals surface area contributed by atoms with Gasteiger partial charge in [-0.05, 0) is 25.5 Å². The Bertz CT molecular complexity index is 376. The minimum atomic E-state index is -0.0332. The SMILES string of the molecule is CCCCCCCCNC(=O)c1ccc(NCC)nc1. The topological polar surface area (TPSA) is 54.0 Å². The Labute approximate surface area is 122 Å². The molecule has 1 amide bonds. The maximum absolute atomic E-state index is 11.9. The molecule has 4 heteroatoms. The lowest BCUT2D eigenvalue weighted by atomic mass is 10.1. The van der Waals surface area contributed by atoms with Crippen LogP contribution >= 0.6 is 0 Å². The molecule has 112 valence electrons. The van der Waals surface area contributed by atoms with Gasteiger partial charge in [-0.1, -0.05) is 39.0 Å². The Hall–Kier alpha value is -1.58. The van der Waals surface area contributed by atoms with Crippen LogP contribution in [0, 0.1) is 0 Å². The van der Waals surface area contributed by atoms with Crippen molar-refractivity contribution in [2.75, 3.05) is 18.4 Å². The molecule has 0 saturated carbocycles. The van der Waals surface area contributed by atoms with Crippen LogP contribution in [0.5, 0.6) is 0 Å². The standard InChI is InChI=1S/C16H27N3O/c1-3-5-6-7-8-9-12-18-16(20)14-10-11-15(17-4-2)19-13-14/h10-11,13H,3-9,12H2,1-2H3,(H,17,19)(H,18,20). The van der Waals surface area contributed by atoms with E-state index in [0.29, 0.717) is 5.56 Å². The molecule has 0 aromatic carbocycles. The van der Waals surface area contributed by atoms with Gasteiger partial charge in [0, 0.05) is 19.3 Å². The number of aromatic nitrogens is 1. The number of carbonyl (C=O) groups excluding carboxylic acids is 1. The molecule has 0 radical (unpaired) electrons. The molecule has 4 nitrogen and oxygen atoms in total. The van der Waals surface area contributed by atoms with Gasteiger partial charge in [-0.15, -0.1) is 0 Å². The molecule has 0 aliphatic rings. The van der Waals surface area contributed by atoms with Crippen molar-refractivity contribution < 1.29 is 4.79 Å². The highest BCUT2D eigenvalue weighted by Crippen LogP contribution is 2.06. The van der Waals surface area contributed by atoms with Crippen molar-refractivity contribution in [2.45, 2.75) is 52.4 Å². The zero-order valence-corrected chi connectivity index (χ0v) is 12.7. The lowest BCUT2D eigenvalue weighted by molar-refractivity contribution is 0.0952. The number of unbranched alkanes of at least 4 members (excludes halogenated alkanes) is 5. The predicted octanol–water partition coefficient (Wildman–Crippen LogP) is 3.60. The molecule has 1 aromatic heterocycles. The summed E-state index contributed by atoms with van der Waals surface area (Å²) < 4.78 is 0. The highest BCUT2D eigenvalue weighted by atomic mass is 16.1. The Morgan fingerprint density at radius 3 is 2.50 bits per heavy atom. The van der Waals surface area contributed by atoms with Crippen LogP contribution in [0.4, 0.5) is 5.82 Å². The van der Waals surface area contributed by atoms with Gasteiger partial charge in [-0.25, -0.2) is 4.98 Å². The molecular weight excluding hydrogens is 250 g/mol. The molecule has 0 unspecified atom stereocenters. The van der Waals surface area contributed by atoms with Gasteiger partial charge in [0.1, 0.15) is 5.82 Å². The fourth-order valence-corrected chi connectivity index (χ4v) is 2.02. The van der Waals surface area contributed by atoms with E-state index in [2.05, 4.69) is 22.5 Å². The minimum Gasteiger partial charge on any atom is -0.370 e. The van der Waals surface area contributed by atoms with Crippen LogP contribution in [-0.2, 0) is 0 Å². The van der Waals surface area contributed by atoms with Gasteiger partial charge in [0.25, 0.3) is 5.91 Å². The third-order valence-corrected chi connectivity index (χ3v) is 3.20. The molecule has 1 aromatic rings. The van der Waals surface area contributed by atoms with E-state index in [1.165, 1.54) is 32.1 Å². The molecule has 0 aliphatic heterocycles. The summed E-state index contributed by atoms with van der Waals surface area (Å²) in [5, 5.41) is 6.05. The number of amides is 1. The molecule has 2 N–H and O–H groups in total. The summed E-state index contributed by atoms with van der Waals surface area (Å²) in [5.74, 6) is 0.772. The predicted molar refractivity (Wildman–Crippen MR) is 84.1 cm³/mol. The number of carbonyl (C=O) groups is 1. The smallest absolute Gasteiger partial charge is 0.252 e. The molecule has 0 saturated heterocycles. The highest BCUT2D eigenvalue weighted by Gasteiger charge is 2.04. The summed E-state index contributed by atoms with van der Waals surface area (Å²) in [6.07, 6.45) is 9.02. The first-order valence-electron chi connectivity index (χ1n) is 7.76.